The third kappa shape index (κ3) is 6.45. The first-order valence-corrected chi connectivity index (χ1v) is 18.1. The van der Waals surface area contributed by atoms with Crippen molar-refractivity contribution in [1.29, 1.82) is 0 Å². The maximum absolute atomic E-state index is 14.3. The van der Waals surface area contributed by atoms with E-state index in [9.17, 15) is 37.3 Å². The summed E-state index contributed by atoms with van der Waals surface area (Å²) in [4.78, 5) is 91.2. The number of nitrogens with one attached hydrogen (secondary N) is 1. The lowest BCUT2D eigenvalue weighted by Gasteiger charge is -2.44. The van der Waals surface area contributed by atoms with Crippen LogP contribution in [0.4, 0.5) is 8.78 Å². The minimum Gasteiger partial charge on any atom is -0.378 e. The molecule has 0 spiro atoms. The molecule has 260 valence electrons. The number of nitrogens with zero attached hydrogens (tertiary/aromatic N) is 4. The minimum atomic E-state index is -5.81. The SMILES string of the molecule is CC(=O)N1CC[C@H]2CC[C@@H](C(=O)N3CC(C(=O)N4CCOCC4)C3)N2C(=O)[C@@H](NC(=O)c2cc3cc(C(F)(F)P(=O)(O)O)ccc3s2)C1. The van der Waals surface area contributed by atoms with Gasteiger partial charge in [-0.3, -0.25) is 28.5 Å². The Bertz CT molecular complexity index is 1690. The highest BCUT2D eigenvalue weighted by Gasteiger charge is 2.51. The quantitative estimate of drug-likeness (QED) is 0.371. The highest BCUT2D eigenvalue weighted by Crippen LogP contribution is 2.59. The van der Waals surface area contributed by atoms with Crippen molar-refractivity contribution in [3.63, 3.8) is 0 Å². The van der Waals surface area contributed by atoms with Crippen molar-refractivity contribution in [2.75, 3.05) is 52.5 Å². The maximum Gasteiger partial charge on any atom is 0.399 e. The number of hydrogen-bond donors (Lipinski definition) is 3. The summed E-state index contributed by atoms with van der Waals surface area (Å²) < 4.78 is 45.7. The summed E-state index contributed by atoms with van der Waals surface area (Å²) in [7, 11) is -5.81. The number of benzene rings is 1. The summed E-state index contributed by atoms with van der Waals surface area (Å²) in [6, 6.07) is 1.95. The highest BCUT2D eigenvalue weighted by molar-refractivity contribution is 7.52. The molecule has 5 heterocycles. The van der Waals surface area contributed by atoms with E-state index in [4.69, 9.17) is 14.5 Å². The van der Waals surface area contributed by atoms with Gasteiger partial charge in [0, 0.05) is 62.5 Å². The topological polar surface area (TPSA) is 177 Å². The fourth-order valence-electron chi connectivity index (χ4n) is 6.82. The molecule has 4 aliphatic heterocycles. The number of halogens is 2. The number of likely N-dealkylation sites (tertiary alicyclic amines) is 1. The number of thiophene rings is 1. The van der Waals surface area contributed by atoms with Crippen molar-refractivity contribution in [3.8, 4) is 0 Å². The number of alkyl halides is 2. The van der Waals surface area contributed by atoms with Gasteiger partial charge in [-0.25, -0.2) is 0 Å². The van der Waals surface area contributed by atoms with Gasteiger partial charge in [0.05, 0.1) is 24.0 Å². The van der Waals surface area contributed by atoms with Gasteiger partial charge in [0.2, 0.25) is 23.6 Å². The van der Waals surface area contributed by atoms with Crippen LogP contribution in [0, 0.1) is 5.92 Å². The van der Waals surface area contributed by atoms with Crippen LogP contribution < -0.4 is 5.32 Å². The van der Waals surface area contributed by atoms with Gasteiger partial charge in [0.1, 0.15) is 12.1 Å². The summed E-state index contributed by atoms with van der Waals surface area (Å²) in [5.74, 6) is -2.14. The standard InChI is InChI=1S/C30H36F2N5O9PS/c1-17(38)35-7-6-21-3-4-23(29(42)36-14-19(15-36)27(40)34-8-10-46-11-9-34)37(21)28(41)22(16-35)33-26(39)25-13-18-12-20(2-5-24(18)48-25)30(31,32)47(43,44)45/h2,5,12-13,19,21-23H,3-4,6-11,14-16H2,1H3,(H,33,39)(H2,43,44,45)/t21-,22+,23+/m1/s1. The molecule has 0 radical (unpaired) electrons. The lowest BCUT2D eigenvalue weighted by Crippen LogP contribution is -2.64. The molecule has 3 N–H and O–H groups in total. The first-order chi connectivity index (χ1) is 22.7. The van der Waals surface area contributed by atoms with Gasteiger partial charge in [-0.15, -0.1) is 11.3 Å². The number of fused-ring (bicyclic) bond motifs is 2. The van der Waals surface area contributed by atoms with Crippen molar-refractivity contribution in [2.45, 2.75) is 50.0 Å². The lowest BCUT2D eigenvalue weighted by atomic mass is 9.96. The number of hydrogen-bond acceptors (Lipinski definition) is 8. The smallest absolute Gasteiger partial charge is 0.378 e. The fourth-order valence-corrected chi connectivity index (χ4v) is 8.24. The van der Waals surface area contributed by atoms with E-state index in [-0.39, 0.29) is 59.6 Å². The predicted octanol–water partition coefficient (Wildman–Crippen LogP) is 1.16. The van der Waals surface area contributed by atoms with E-state index < -0.39 is 42.7 Å². The van der Waals surface area contributed by atoms with Crippen LogP contribution in [0.5, 0.6) is 0 Å². The van der Waals surface area contributed by atoms with Crippen molar-refractivity contribution in [3.05, 3.63) is 34.7 Å². The average Bonchev–Trinajstić information content (AvgIpc) is 3.64. The van der Waals surface area contributed by atoms with Crippen molar-refractivity contribution in [2.24, 2.45) is 5.92 Å². The monoisotopic (exact) mass is 711 g/mol. The molecule has 4 aliphatic rings. The number of carbonyl (C=O) groups excluding carboxylic acids is 5. The van der Waals surface area contributed by atoms with Crippen molar-refractivity contribution >= 4 is 58.6 Å². The van der Waals surface area contributed by atoms with Gasteiger partial charge < -0.3 is 39.4 Å². The molecule has 48 heavy (non-hydrogen) atoms. The second-order valence-corrected chi connectivity index (χ2v) is 15.3. The first kappa shape index (κ1) is 34.4. The van der Waals surface area contributed by atoms with Crippen LogP contribution in [0.25, 0.3) is 10.1 Å². The Labute approximate surface area is 278 Å². The van der Waals surface area contributed by atoms with Gasteiger partial charge in [-0.05, 0) is 42.8 Å². The summed E-state index contributed by atoms with van der Waals surface area (Å²) >= 11 is 0.935. The molecule has 1 aromatic heterocycles. The van der Waals surface area contributed by atoms with Crippen LogP contribution in [-0.4, -0.2) is 130 Å². The molecular formula is C30H36F2N5O9PS. The number of carbonyl (C=O) groups is 5. The summed E-state index contributed by atoms with van der Waals surface area (Å²) in [5, 5.41) is 2.83. The van der Waals surface area contributed by atoms with Crippen LogP contribution >= 0.6 is 18.9 Å². The average molecular weight is 712 g/mol. The number of rotatable bonds is 6. The number of amides is 5. The van der Waals surface area contributed by atoms with E-state index in [1.807, 2.05) is 0 Å². The molecule has 1 aromatic carbocycles. The van der Waals surface area contributed by atoms with Crippen LogP contribution in [0.3, 0.4) is 0 Å². The molecule has 4 saturated heterocycles. The Morgan fingerprint density at radius 1 is 0.958 bits per heavy atom. The summed E-state index contributed by atoms with van der Waals surface area (Å²) in [5.41, 5.74) is -5.34. The van der Waals surface area contributed by atoms with E-state index in [1.54, 1.807) is 9.80 Å². The lowest BCUT2D eigenvalue weighted by molar-refractivity contribution is -0.157. The maximum atomic E-state index is 14.3. The fraction of sp³-hybridized carbons (Fsp3) is 0.567. The molecular weight excluding hydrogens is 675 g/mol. The predicted molar refractivity (Wildman–Crippen MR) is 167 cm³/mol. The highest BCUT2D eigenvalue weighted by atomic mass is 32.1. The van der Waals surface area contributed by atoms with Crippen LogP contribution in [0.1, 0.15) is 41.4 Å². The minimum absolute atomic E-state index is 0.0194. The summed E-state index contributed by atoms with van der Waals surface area (Å²) in [6.45, 7) is 3.99. The zero-order chi connectivity index (χ0) is 34.5. The second-order valence-electron chi connectivity index (χ2n) is 12.6. The molecule has 5 amide bonds. The molecule has 0 saturated carbocycles. The van der Waals surface area contributed by atoms with E-state index in [2.05, 4.69) is 5.32 Å². The Balaban J connectivity index is 1.18. The van der Waals surface area contributed by atoms with Crippen molar-refractivity contribution in [1.82, 2.24) is 24.9 Å². The Kier molecular flexibility index (Phi) is 9.37. The van der Waals surface area contributed by atoms with Crippen molar-refractivity contribution < 1.29 is 51.8 Å². The molecule has 3 atom stereocenters. The normalized spacial score (nSPS) is 24.2. The van der Waals surface area contributed by atoms with Gasteiger partial charge in [-0.2, -0.15) is 8.78 Å². The second kappa shape index (κ2) is 13.1. The Morgan fingerprint density at radius 2 is 1.67 bits per heavy atom. The van der Waals surface area contributed by atoms with Gasteiger partial charge in [0.25, 0.3) is 5.91 Å². The molecule has 4 fully saturated rings. The largest absolute Gasteiger partial charge is 0.399 e. The Hall–Kier alpha value is -3.50. The van der Waals surface area contributed by atoms with Gasteiger partial charge in [0.15, 0.2) is 0 Å². The molecule has 0 unspecified atom stereocenters. The number of morpholine rings is 1. The van der Waals surface area contributed by atoms with E-state index in [0.717, 1.165) is 23.5 Å². The summed E-state index contributed by atoms with van der Waals surface area (Å²) in [6.07, 6.45) is 1.37. The van der Waals surface area contributed by atoms with Gasteiger partial charge in [-0.1, -0.05) is 6.07 Å². The third-order valence-corrected chi connectivity index (χ3v) is 11.6. The Morgan fingerprint density at radius 3 is 2.33 bits per heavy atom. The first-order valence-electron chi connectivity index (χ1n) is 15.7. The van der Waals surface area contributed by atoms with Gasteiger partial charge >= 0.3 is 13.3 Å². The zero-order valence-electron chi connectivity index (χ0n) is 26.0. The molecule has 0 bridgehead atoms. The zero-order valence-corrected chi connectivity index (χ0v) is 27.8. The molecule has 6 rings (SSSR count). The number of ether oxygens (including phenoxy) is 1. The van der Waals surface area contributed by atoms with Crippen LogP contribution in [0.15, 0.2) is 24.3 Å². The van der Waals surface area contributed by atoms with E-state index >= 15 is 0 Å². The van der Waals surface area contributed by atoms with E-state index in [0.29, 0.717) is 56.8 Å². The van der Waals surface area contributed by atoms with Crippen LogP contribution in [-0.2, 0) is 34.1 Å². The molecule has 0 aliphatic carbocycles. The van der Waals surface area contributed by atoms with Crippen LogP contribution in [0.2, 0.25) is 0 Å². The molecule has 18 heteroatoms. The molecule has 2 aromatic rings. The third-order valence-electron chi connectivity index (χ3n) is 9.54. The van der Waals surface area contributed by atoms with E-state index in [1.165, 1.54) is 28.9 Å². The molecule has 14 nitrogen and oxygen atoms in total.